The van der Waals surface area contributed by atoms with Gasteiger partial charge in [-0.3, -0.25) is 0 Å². The van der Waals surface area contributed by atoms with Gasteiger partial charge in [0.1, 0.15) is 17.3 Å². The summed E-state index contributed by atoms with van der Waals surface area (Å²) in [5.41, 5.74) is 2.47. The van der Waals surface area contributed by atoms with Crippen molar-refractivity contribution in [1.29, 1.82) is 0 Å². The lowest BCUT2D eigenvalue weighted by Gasteiger charge is -2.28. The molecule has 0 saturated carbocycles. The summed E-state index contributed by atoms with van der Waals surface area (Å²) in [7, 11) is 0. The average molecular weight is 484 g/mol. The molecule has 1 atom stereocenters. The monoisotopic (exact) mass is 483 g/mol. The van der Waals surface area contributed by atoms with Crippen molar-refractivity contribution in [2.75, 3.05) is 46.7 Å². The third-order valence-corrected chi connectivity index (χ3v) is 6.06. The summed E-state index contributed by atoms with van der Waals surface area (Å²) in [6, 6.07) is 6.97. The molecule has 2 aromatic heterocycles. The second-order valence-corrected chi connectivity index (χ2v) is 8.69. The Kier molecular flexibility index (Phi) is 7.02. The molecule has 1 unspecified atom stereocenters. The number of halogens is 2. The molecular formula is C25H31F2N7O. The highest BCUT2D eigenvalue weighted by atomic mass is 19.1. The van der Waals surface area contributed by atoms with E-state index in [1.54, 1.807) is 12.3 Å². The number of anilines is 5. The highest BCUT2D eigenvalue weighted by Gasteiger charge is 2.31. The molecule has 2 aliphatic rings. The topological polar surface area (TPSA) is 78.4 Å². The quantitative estimate of drug-likeness (QED) is 0.524. The van der Waals surface area contributed by atoms with Crippen molar-refractivity contribution in [2.24, 2.45) is 0 Å². The summed E-state index contributed by atoms with van der Waals surface area (Å²) < 4.78 is 35.0. The largest absolute Gasteiger partial charge is 0.378 e. The molecule has 0 bridgehead atoms. The molecule has 35 heavy (non-hydrogen) atoms. The minimum atomic E-state index is -0.629. The van der Waals surface area contributed by atoms with Crippen molar-refractivity contribution in [2.45, 2.75) is 40.4 Å². The number of benzene rings is 1. The number of fused-ring (bicyclic) bond motifs is 1. The zero-order valence-electron chi connectivity index (χ0n) is 19.3. The standard InChI is InChI=1S/C24H27F2N7O.CH4/c1-14(2)33-15(3)29-23-18(25)10-16(11-20(23)33)22-19(26)13-28-24(31-22)30-21-5-4-17(12-27-21)32-6-8-34-9-7-32;/h4-5,10-15,29H,6-9H2,1-3H3,(H,27,28,30,31);1H4. The molecule has 1 saturated heterocycles. The number of morpholine rings is 1. The maximum atomic E-state index is 14.9. The van der Waals surface area contributed by atoms with Crippen LogP contribution in [-0.2, 0) is 4.74 Å². The fourth-order valence-electron chi connectivity index (χ4n) is 4.50. The van der Waals surface area contributed by atoms with Crippen LogP contribution in [0.1, 0.15) is 28.2 Å². The molecule has 0 spiro atoms. The Hall–Kier alpha value is -3.53. The van der Waals surface area contributed by atoms with Crippen molar-refractivity contribution in [1.82, 2.24) is 15.0 Å². The molecule has 186 valence electrons. The Labute approximate surface area is 204 Å². The molecule has 2 N–H and O–H groups in total. The van der Waals surface area contributed by atoms with Crippen LogP contribution in [0.3, 0.4) is 0 Å². The lowest BCUT2D eigenvalue weighted by atomic mass is 10.1. The van der Waals surface area contributed by atoms with E-state index in [0.717, 1.165) is 25.0 Å². The van der Waals surface area contributed by atoms with Crippen molar-refractivity contribution in [3.63, 3.8) is 0 Å². The van der Waals surface area contributed by atoms with Gasteiger partial charge in [-0.2, -0.15) is 0 Å². The van der Waals surface area contributed by atoms with E-state index < -0.39 is 11.6 Å². The SMILES string of the molecule is C.CC(C)N1c2cc(-c3nc(Nc4ccc(N5CCOCC5)cn4)ncc3F)cc(F)c2NC1C. The molecule has 4 heterocycles. The van der Waals surface area contributed by atoms with E-state index in [1.165, 1.54) is 6.07 Å². The molecular weight excluding hydrogens is 452 g/mol. The van der Waals surface area contributed by atoms with Gasteiger partial charge in [0.15, 0.2) is 5.82 Å². The van der Waals surface area contributed by atoms with Crippen LogP contribution in [0.15, 0.2) is 36.7 Å². The Bertz CT molecular complexity index is 1180. The summed E-state index contributed by atoms with van der Waals surface area (Å²) in [4.78, 5) is 17.1. The lowest BCUT2D eigenvalue weighted by molar-refractivity contribution is 0.122. The molecule has 5 rings (SSSR count). The van der Waals surface area contributed by atoms with Gasteiger partial charge in [0.05, 0.1) is 48.8 Å². The predicted octanol–water partition coefficient (Wildman–Crippen LogP) is 5.02. The predicted molar refractivity (Wildman–Crippen MR) is 135 cm³/mol. The van der Waals surface area contributed by atoms with Gasteiger partial charge in [-0.15, -0.1) is 0 Å². The molecule has 0 aliphatic carbocycles. The second-order valence-electron chi connectivity index (χ2n) is 8.69. The first-order valence-electron chi connectivity index (χ1n) is 11.4. The van der Waals surface area contributed by atoms with E-state index in [2.05, 4.69) is 35.4 Å². The molecule has 1 fully saturated rings. The fourth-order valence-corrected chi connectivity index (χ4v) is 4.50. The second kappa shape index (κ2) is 9.99. The summed E-state index contributed by atoms with van der Waals surface area (Å²) in [5, 5.41) is 6.17. The van der Waals surface area contributed by atoms with Crippen LogP contribution in [0.2, 0.25) is 0 Å². The Morgan fingerprint density at radius 1 is 1.09 bits per heavy atom. The van der Waals surface area contributed by atoms with Crippen LogP contribution in [0, 0.1) is 11.6 Å². The first-order chi connectivity index (χ1) is 16.4. The number of rotatable bonds is 5. The van der Waals surface area contributed by atoms with Crippen molar-refractivity contribution >= 4 is 28.8 Å². The van der Waals surface area contributed by atoms with E-state index in [4.69, 9.17) is 4.74 Å². The van der Waals surface area contributed by atoms with Gasteiger partial charge in [0.25, 0.3) is 0 Å². The highest BCUT2D eigenvalue weighted by molar-refractivity contribution is 5.82. The molecule has 10 heteroatoms. The Morgan fingerprint density at radius 2 is 1.86 bits per heavy atom. The molecule has 0 amide bonds. The first-order valence-corrected chi connectivity index (χ1v) is 11.4. The van der Waals surface area contributed by atoms with E-state index in [-0.39, 0.29) is 31.3 Å². The number of nitrogens with zero attached hydrogens (tertiary/aromatic N) is 5. The van der Waals surface area contributed by atoms with E-state index in [0.29, 0.717) is 36.0 Å². The molecule has 8 nitrogen and oxygen atoms in total. The number of ether oxygens (including phenoxy) is 1. The third-order valence-electron chi connectivity index (χ3n) is 6.06. The minimum absolute atomic E-state index is 0. The number of aromatic nitrogens is 3. The van der Waals surface area contributed by atoms with E-state index in [1.807, 2.05) is 32.9 Å². The number of pyridine rings is 1. The molecule has 0 radical (unpaired) electrons. The highest BCUT2D eigenvalue weighted by Crippen LogP contribution is 2.41. The summed E-state index contributed by atoms with van der Waals surface area (Å²) >= 11 is 0. The van der Waals surface area contributed by atoms with Crippen LogP contribution in [0.25, 0.3) is 11.3 Å². The average Bonchev–Trinajstić information content (AvgIpc) is 3.18. The lowest BCUT2D eigenvalue weighted by Crippen LogP contribution is -2.38. The van der Waals surface area contributed by atoms with Crippen LogP contribution < -0.4 is 20.4 Å². The van der Waals surface area contributed by atoms with Crippen molar-refractivity contribution in [3.8, 4) is 11.3 Å². The van der Waals surface area contributed by atoms with Gasteiger partial charge in [-0.25, -0.2) is 23.7 Å². The van der Waals surface area contributed by atoms with Crippen molar-refractivity contribution < 1.29 is 13.5 Å². The normalized spacial score (nSPS) is 17.1. The number of hydrogen-bond donors (Lipinski definition) is 2. The van der Waals surface area contributed by atoms with E-state index >= 15 is 0 Å². The smallest absolute Gasteiger partial charge is 0.229 e. The Morgan fingerprint density at radius 3 is 2.54 bits per heavy atom. The summed E-state index contributed by atoms with van der Waals surface area (Å²) in [6.45, 7) is 9.05. The zero-order chi connectivity index (χ0) is 23.8. The van der Waals surface area contributed by atoms with Crippen molar-refractivity contribution in [3.05, 3.63) is 48.3 Å². The van der Waals surface area contributed by atoms with Crippen LogP contribution in [0.5, 0.6) is 0 Å². The van der Waals surface area contributed by atoms with Gasteiger partial charge >= 0.3 is 0 Å². The molecule has 1 aromatic carbocycles. The Balaban J connectivity index is 0.00000289. The van der Waals surface area contributed by atoms with Gasteiger partial charge < -0.3 is 25.2 Å². The molecule has 3 aromatic rings. The fraction of sp³-hybridized carbons (Fsp3) is 0.400. The minimum Gasteiger partial charge on any atom is -0.378 e. The van der Waals surface area contributed by atoms with Crippen LogP contribution in [0.4, 0.5) is 37.6 Å². The maximum absolute atomic E-state index is 14.9. The third kappa shape index (κ3) is 4.84. The number of nitrogens with one attached hydrogen (secondary N) is 2. The maximum Gasteiger partial charge on any atom is 0.229 e. The van der Waals surface area contributed by atoms with Gasteiger partial charge in [-0.05, 0) is 45.0 Å². The zero-order valence-corrected chi connectivity index (χ0v) is 19.3. The van der Waals surface area contributed by atoms with Crippen LogP contribution >= 0.6 is 0 Å². The van der Waals surface area contributed by atoms with Gasteiger partial charge in [-0.1, -0.05) is 7.43 Å². The first kappa shape index (κ1) is 24.6. The summed E-state index contributed by atoms with van der Waals surface area (Å²) in [6.07, 6.45) is 2.78. The molecule has 2 aliphatic heterocycles. The van der Waals surface area contributed by atoms with Gasteiger partial charge in [0, 0.05) is 24.7 Å². The summed E-state index contributed by atoms with van der Waals surface area (Å²) in [5.74, 6) is -0.374. The van der Waals surface area contributed by atoms with Gasteiger partial charge in [0.2, 0.25) is 5.95 Å². The van der Waals surface area contributed by atoms with E-state index in [9.17, 15) is 8.78 Å². The van der Waals surface area contributed by atoms with Crippen LogP contribution in [-0.4, -0.2) is 53.5 Å². The number of hydrogen-bond acceptors (Lipinski definition) is 8.